The van der Waals surface area contributed by atoms with E-state index in [1.165, 1.54) is 33.4 Å². The molecule has 102 valence electrons. The van der Waals surface area contributed by atoms with Gasteiger partial charge in [0.15, 0.2) is 0 Å². The van der Waals surface area contributed by atoms with Crippen molar-refractivity contribution in [3.63, 3.8) is 0 Å². The number of ether oxygens (including phenoxy) is 2. The number of benzene rings is 1. The van der Waals surface area contributed by atoms with Gasteiger partial charge < -0.3 is 14.8 Å². The van der Waals surface area contributed by atoms with E-state index in [1.54, 1.807) is 6.92 Å². The van der Waals surface area contributed by atoms with E-state index in [0.29, 0.717) is 5.75 Å². The molecule has 0 aliphatic carbocycles. The van der Waals surface area contributed by atoms with Crippen LogP contribution in [0.5, 0.6) is 11.5 Å². The van der Waals surface area contributed by atoms with Gasteiger partial charge in [0.2, 0.25) is 0 Å². The minimum Gasteiger partial charge on any atom is -0.496 e. The molecule has 1 unspecified atom stereocenters. The van der Waals surface area contributed by atoms with E-state index in [0.717, 1.165) is 5.56 Å². The number of rotatable bonds is 4. The molecule has 3 nitrogen and oxygen atoms in total. The number of methoxy groups -OCH3 is 2. The van der Waals surface area contributed by atoms with Gasteiger partial charge in [-0.3, -0.25) is 0 Å². The lowest BCUT2D eigenvalue weighted by molar-refractivity contribution is -0.156. The molecule has 1 atom stereocenters. The van der Waals surface area contributed by atoms with Gasteiger partial charge in [0.05, 0.1) is 14.2 Å². The van der Waals surface area contributed by atoms with Gasteiger partial charge in [-0.15, -0.1) is 0 Å². The Hall–Kier alpha value is -1.43. The first kappa shape index (κ1) is 14.6. The molecule has 1 aromatic rings. The topological polar surface area (TPSA) is 30.5 Å². The molecule has 0 radical (unpaired) electrons. The largest absolute Gasteiger partial charge is 0.496 e. The predicted molar refractivity (Wildman–Crippen MR) is 62.1 cm³/mol. The summed E-state index contributed by atoms with van der Waals surface area (Å²) in [7, 11) is 4.01. The molecule has 0 saturated carbocycles. The highest BCUT2D eigenvalue weighted by Gasteiger charge is 2.41. The summed E-state index contributed by atoms with van der Waals surface area (Å²) in [6.45, 7) is 1.74. The Kier molecular flexibility index (Phi) is 4.45. The van der Waals surface area contributed by atoms with Crippen molar-refractivity contribution >= 4 is 0 Å². The van der Waals surface area contributed by atoms with E-state index in [1.807, 2.05) is 0 Å². The third-order valence-electron chi connectivity index (χ3n) is 2.67. The molecular formula is C12H16F3NO2. The van der Waals surface area contributed by atoms with Gasteiger partial charge in [-0.05, 0) is 31.7 Å². The summed E-state index contributed by atoms with van der Waals surface area (Å²) < 4.78 is 48.7. The molecule has 0 heterocycles. The number of hydrogen-bond acceptors (Lipinski definition) is 3. The minimum absolute atomic E-state index is 0.00921. The highest BCUT2D eigenvalue weighted by Crippen LogP contribution is 2.39. The highest BCUT2D eigenvalue weighted by atomic mass is 19.4. The highest BCUT2D eigenvalue weighted by molar-refractivity contribution is 5.47. The lowest BCUT2D eigenvalue weighted by atomic mass is 10.0. The molecule has 0 spiro atoms. The molecule has 0 bridgehead atoms. The second-order valence-electron chi connectivity index (χ2n) is 3.83. The van der Waals surface area contributed by atoms with Gasteiger partial charge in [-0.1, -0.05) is 0 Å². The predicted octanol–water partition coefficient (Wildman–Crippen LogP) is 2.84. The summed E-state index contributed by atoms with van der Waals surface area (Å²) in [6.07, 6.45) is -4.40. The van der Waals surface area contributed by atoms with Crippen LogP contribution in [0, 0.1) is 6.92 Å². The standard InChI is InChI=1S/C12H16F3NO2/c1-7-5-10(18-4)8(6-9(7)17-3)11(16-2)12(13,14)15/h5-6,11,16H,1-4H3. The number of halogens is 3. The first-order valence-electron chi connectivity index (χ1n) is 5.31. The van der Waals surface area contributed by atoms with Crippen LogP contribution in [0.2, 0.25) is 0 Å². The fourth-order valence-electron chi connectivity index (χ4n) is 1.80. The lowest BCUT2D eigenvalue weighted by Crippen LogP contribution is -2.32. The normalized spacial score (nSPS) is 13.3. The summed E-state index contributed by atoms with van der Waals surface area (Å²) in [4.78, 5) is 0. The molecule has 0 aliphatic rings. The maximum absolute atomic E-state index is 12.9. The van der Waals surface area contributed by atoms with Crippen LogP contribution >= 0.6 is 0 Å². The minimum atomic E-state index is -4.40. The van der Waals surface area contributed by atoms with Gasteiger partial charge in [0, 0.05) is 5.56 Å². The average molecular weight is 263 g/mol. The van der Waals surface area contributed by atoms with Crippen LogP contribution in [0.15, 0.2) is 12.1 Å². The maximum Gasteiger partial charge on any atom is 0.408 e. The Bertz CT molecular complexity index is 419. The number of alkyl halides is 3. The zero-order valence-electron chi connectivity index (χ0n) is 10.7. The van der Waals surface area contributed by atoms with E-state index >= 15 is 0 Å². The fraction of sp³-hybridized carbons (Fsp3) is 0.500. The number of aryl methyl sites for hydroxylation is 1. The van der Waals surface area contributed by atoms with E-state index in [4.69, 9.17) is 9.47 Å². The molecule has 0 aliphatic heterocycles. The van der Waals surface area contributed by atoms with Crippen molar-refractivity contribution in [3.05, 3.63) is 23.3 Å². The molecule has 6 heteroatoms. The molecule has 1 aromatic carbocycles. The maximum atomic E-state index is 12.9. The van der Waals surface area contributed by atoms with Crippen LogP contribution in [-0.2, 0) is 0 Å². The van der Waals surface area contributed by atoms with Gasteiger partial charge in [0.1, 0.15) is 17.5 Å². The van der Waals surface area contributed by atoms with E-state index in [9.17, 15) is 13.2 Å². The summed E-state index contributed by atoms with van der Waals surface area (Å²) >= 11 is 0. The molecule has 0 fully saturated rings. The molecule has 0 saturated heterocycles. The quantitative estimate of drug-likeness (QED) is 0.906. The average Bonchev–Trinajstić information content (AvgIpc) is 2.29. The molecule has 18 heavy (non-hydrogen) atoms. The van der Waals surface area contributed by atoms with Crippen molar-refractivity contribution in [1.29, 1.82) is 0 Å². The van der Waals surface area contributed by atoms with E-state index in [-0.39, 0.29) is 11.3 Å². The Morgan fingerprint density at radius 2 is 1.67 bits per heavy atom. The number of hydrogen-bond donors (Lipinski definition) is 1. The summed E-state index contributed by atoms with van der Waals surface area (Å²) in [6, 6.07) is 1.09. The smallest absolute Gasteiger partial charge is 0.408 e. The molecule has 0 amide bonds. The Morgan fingerprint density at radius 3 is 2.06 bits per heavy atom. The van der Waals surface area contributed by atoms with Crippen LogP contribution in [-0.4, -0.2) is 27.4 Å². The second kappa shape index (κ2) is 5.48. The summed E-state index contributed by atoms with van der Waals surface area (Å²) in [5, 5.41) is 2.24. The van der Waals surface area contributed by atoms with Gasteiger partial charge in [-0.25, -0.2) is 0 Å². The Morgan fingerprint density at radius 1 is 1.11 bits per heavy atom. The van der Waals surface area contributed by atoms with Crippen LogP contribution in [0.3, 0.4) is 0 Å². The molecule has 1 N–H and O–H groups in total. The zero-order chi connectivity index (χ0) is 13.9. The van der Waals surface area contributed by atoms with Crippen molar-refractivity contribution in [3.8, 4) is 11.5 Å². The van der Waals surface area contributed by atoms with Crippen molar-refractivity contribution in [2.45, 2.75) is 19.1 Å². The SMILES string of the molecule is CNC(c1cc(OC)c(C)cc1OC)C(F)(F)F. The van der Waals surface area contributed by atoms with Gasteiger partial charge in [0.25, 0.3) is 0 Å². The van der Waals surface area contributed by atoms with E-state index < -0.39 is 12.2 Å². The van der Waals surface area contributed by atoms with Gasteiger partial charge in [-0.2, -0.15) is 13.2 Å². The first-order chi connectivity index (χ1) is 8.35. The first-order valence-corrected chi connectivity index (χ1v) is 5.31. The molecular weight excluding hydrogens is 247 g/mol. The van der Waals surface area contributed by atoms with Crippen LogP contribution in [0.1, 0.15) is 17.2 Å². The molecule has 0 aromatic heterocycles. The zero-order valence-corrected chi connectivity index (χ0v) is 10.7. The Labute approximate surface area is 104 Å². The monoisotopic (exact) mass is 263 g/mol. The third kappa shape index (κ3) is 2.87. The lowest BCUT2D eigenvalue weighted by Gasteiger charge is -2.23. The van der Waals surface area contributed by atoms with E-state index in [2.05, 4.69) is 5.32 Å². The second-order valence-corrected chi connectivity index (χ2v) is 3.83. The molecule has 1 rings (SSSR count). The number of nitrogens with one attached hydrogen (secondary N) is 1. The van der Waals surface area contributed by atoms with Crippen molar-refractivity contribution in [2.24, 2.45) is 0 Å². The summed E-state index contributed by atoms with van der Waals surface area (Å²) in [5.41, 5.74) is 0.727. The van der Waals surface area contributed by atoms with Crippen LogP contribution in [0.25, 0.3) is 0 Å². The van der Waals surface area contributed by atoms with Crippen molar-refractivity contribution < 1.29 is 22.6 Å². The Balaban J connectivity index is 3.36. The van der Waals surface area contributed by atoms with Crippen molar-refractivity contribution in [1.82, 2.24) is 5.32 Å². The third-order valence-corrected chi connectivity index (χ3v) is 2.67. The fourth-order valence-corrected chi connectivity index (χ4v) is 1.80. The van der Waals surface area contributed by atoms with Gasteiger partial charge >= 0.3 is 6.18 Å². The van der Waals surface area contributed by atoms with Crippen LogP contribution < -0.4 is 14.8 Å². The summed E-state index contributed by atoms with van der Waals surface area (Å²) in [5.74, 6) is 0.584. The van der Waals surface area contributed by atoms with Crippen LogP contribution in [0.4, 0.5) is 13.2 Å². The van der Waals surface area contributed by atoms with Crippen molar-refractivity contribution in [2.75, 3.05) is 21.3 Å².